The summed E-state index contributed by atoms with van der Waals surface area (Å²) in [6.07, 6.45) is 3.32. The Balaban J connectivity index is 1.44. The molecule has 7 nitrogen and oxygen atoms in total. The SMILES string of the molecule is CCOc1cc(CN(CC(=O)Nc2ccccc2N2CCCC2=O)C2CC2)ccc1OC(F)F. The third kappa shape index (κ3) is 6.02. The lowest BCUT2D eigenvalue weighted by atomic mass is 10.1. The largest absolute Gasteiger partial charge is 0.490 e. The van der Waals surface area contributed by atoms with Crippen LogP contribution in [0.25, 0.3) is 0 Å². The number of carbonyl (C=O) groups excluding carboxylic acids is 2. The van der Waals surface area contributed by atoms with Crippen LogP contribution in [0.15, 0.2) is 42.5 Å². The van der Waals surface area contributed by atoms with Crippen molar-refractivity contribution in [2.45, 2.75) is 51.8 Å². The van der Waals surface area contributed by atoms with Gasteiger partial charge in [-0.1, -0.05) is 18.2 Å². The number of nitrogens with one attached hydrogen (secondary N) is 1. The zero-order valence-corrected chi connectivity index (χ0v) is 19.1. The number of nitrogens with zero attached hydrogens (tertiary/aromatic N) is 2. The smallest absolute Gasteiger partial charge is 0.387 e. The molecule has 1 saturated carbocycles. The Morgan fingerprint density at radius 3 is 2.68 bits per heavy atom. The van der Waals surface area contributed by atoms with Crippen molar-refractivity contribution in [2.24, 2.45) is 0 Å². The fourth-order valence-electron chi connectivity index (χ4n) is 4.19. The molecule has 2 amide bonds. The Labute approximate surface area is 197 Å². The highest BCUT2D eigenvalue weighted by atomic mass is 19.3. The summed E-state index contributed by atoms with van der Waals surface area (Å²) in [5, 5.41) is 2.97. The maximum absolute atomic E-state index is 13.0. The number of carbonyl (C=O) groups is 2. The number of halogens is 2. The standard InChI is InChI=1S/C25H29F2N3O4/c1-2-33-22-14-17(9-12-21(22)34-25(26)27)15-29(18-10-11-18)16-23(31)28-19-6-3-4-7-20(19)30-13-5-8-24(30)32/h3-4,6-7,9,12,14,18,25H,2,5,8,10-11,13,15-16H2,1H3,(H,28,31). The first-order chi connectivity index (χ1) is 16.4. The first kappa shape index (κ1) is 23.9. The molecule has 9 heteroatoms. The first-order valence-electron chi connectivity index (χ1n) is 11.6. The van der Waals surface area contributed by atoms with Crippen LogP contribution in [-0.4, -0.2) is 49.1 Å². The third-order valence-electron chi connectivity index (χ3n) is 5.86. The number of alkyl halides is 2. The van der Waals surface area contributed by atoms with E-state index >= 15 is 0 Å². The van der Waals surface area contributed by atoms with E-state index in [9.17, 15) is 18.4 Å². The van der Waals surface area contributed by atoms with Crippen LogP contribution in [-0.2, 0) is 16.1 Å². The molecule has 0 bridgehead atoms. The number of benzene rings is 2. The molecule has 34 heavy (non-hydrogen) atoms. The lowest BCUT2D eigenvalue weighted by Gasteiger charge is -2.24. The Hall–Kier alpha value is -3.20. The lowest BCUT2D eigenvalue weighted by molar-refractivity contribution is -0.118. The fourth-order valence-corrected chi connectivity index (χ4v) is 4.19. The summed E-state index contributed by atoms with van der Waals surface area (Å²) < 4.78 is 35.4. The average molecular weight is 474 g/mol. The number of amides is 2. The van der Waals surface area contributed by atoms with Gasteiger partial charge in [-0.05, 0) is 56.0 Å². The third-order valence-corrected chi connectivity index (χ3v) is 5.86. The predicted molar refractivity (Wildman–Crippen MR) is 124 cm³/mol. The van der Waals surface area contributed by atoms with Gasteiger partial charge in [-0.15, -0.1) is 0 Å². The van der Waals surface area contributed by atoms with Crippen LogP contribution in [0.1, 0.15) is 38.2 Å². The van der Waals surface area contributed by atoms with Gasteiger partial charge < -0.3 is 19.7 Å². The number of hydrogen-bond acceptors (Lipinski definition) is 5. The van der Waals surface area contributed by atoms with Crippen molar-refractivity contribution in [3.8, 4) is 11.5 Å². The molecule has 4 rings (SSSR count). The first-order valence-corrected chi connectivity index (χ1v) is 11.6. The van der Waals surface area contributed by atoms with E-state index in [0.29, 0.717) is 37.5 Å². The summed E-state index contributed by atoms with van der Waals surface area (Å²) >= 11 is 0. The summed E-state index contributed by atoms with van der Waals surface area (Å²) in [4.78, 5) is 28.9. The number of anilines is 2. The van der Waals surface area contributed by atoms with Gasteiger partial charge in [0.1, 0.15) is 0 Å². The van der Waals surface area contributed by atoms with Crippen LogP contribution in [0.2, 0.25) is 0 Å². The van der Waals surface area contributed by atoms with E-state index in [4.69, 9.17) is 4.74 Å². The predicted octanol–water partition coefficient (Wildman–Crippen LogP) is 4.42. The minimum absolute atomic E-state index is 0.00983. The van der Waals surface area contributed by atoms with Gasteiger partial charge in [0.2, 0.25) is 11.8 Å². The van der Waals surface area contributed by atoms with Crippen LogP contribution >= 0.6 is 0 Å². The van der Waals surface area contributed by atoms with Crippen molar-refractivity contribution in [1.82, 2.24) is 4.90 Å². The second-order valence-electron chi connectivity index (χ2n) is 8.44. The van der Waals surface area contributed by atoms with Crippen molar-refractivity contribution in [3.05, 3.63) is 48.0 Å². The van der Waals surface area contributed by atoms with E-state index in [-0.39, 0.29) is 35.9 Å². The topological polar surface area (TPSA) is 71.1 Å². The van der Waals surface area contributed by atoms with Crippen LogP contribution < -0.4 is 19.7 Å². The molecule has 2 aromatic rings. The number of para-hydroxylation sites is 2. The van der Waals surface area contributed by atoms with E-state index in [2.05, 4.69) is 15.0 Å². The normalized spacial score (nSPS) is 15.8. The van der Waals surface area contributed by atoms with Gasteiger partial charge in [0.25, 0.3) is 0 Å². The molecule has 0 unspecified atom stereocenters. The Morgan fingerprint density at radius 1 is 1.21 bits per heavy atom. The molecule has 0 spiro atoms. The maximum atomic E-state index is 13.0. The highest BCUT2D eigenvalue weighted by molar-refractivity contribution is 6.02. The van der Waals surface area contributed by atoms with Crippen LogP contribution in [0.3, 0.4) is 0 Å². The van der Waals surface area contributed by atoms with E-state index in [1.807, 2.05) is 18.2 Å². The van der Waals surface area contributed by atoms with E-state index in [0.717, 1.165) is 24.8 Å². The second kappa shape index (κ2) is 10.8. The van der Waals surface area contributed by atoms with E-state index in [1.165, 1.54) is 6.07 Å². The lowest BCUT2D eigenvalue weighted by Crippen LogP contribution is -2.35. The summed E-state index contributed by atoms with van der Waals surface area (Å²) in [7, 11) is 0. The summed E-state index contributed by atoms with van der Waals surface area (Å²) in [6, 6.07) is 12.5. The molecule has 0 radical (unpaired) electrons. The maximum Gasteiger partial charge on any atom is 0.387 e. The Kier molecular flexibility index (Phi) is 7.62. The minimum Gasteiger partial charge on any atom is -0.490 e. The zero-order chi connectivity index (χ0) is 24.1. The van der Waals surface area contributed by atoms with Crippen molar-refractivity contribution < 1.29 is 27.8 Å². The Bertz CT molecular complexity index is 1030. The molecule has 182 valence electrons. The van der Waals surface area contributed by atoms with Crippen LogP contribution in [0.5, 0.6) is 11.5 Å². The van der Waals surface area contributed by atoms with Gasteiger partial charge in [0.05, 0.1) is 24.5 Å². The second-order valence-corrected chi connectivity index (χ2v) is 8.44. The van der Waals surface area contributed by atoms with E-state index < -0.39 is 6.61 Å². The van der Waals surface area contributed by atoms with Crippen LogP contribution in [0, 0.1) is 0 Å². The number of rotatable bonds is 11. The summed E-state index contributed by atoms with van der Waals surface area (Å²) in [5.41, 5.74) is 2.17. The fraction of sp³-hybridized carbons (Fsp3) is 0.440. The van der Waals surface area contributed by atoms with Crippen molar-refractivity contribution >= 4 is 23.2 Å². The van der Waals surface area contributed by atoms with E-state index in [1.54, 1.807) is 30.0 Å². The van der Waals surface area contributed by atoms with Gasteiger partial charge in [0, 0.05) is 25.6 Å². The molecule has 2 fully saturated rings. The van der Waals surface area contributed by atoms with Crippen LogP contribution in [0.4, 0.5) is 20.2 Å². The molecule has 2 aromatic carbocycles. The summed E-state index contributed by atoms with van der Waals surface area (Å²) in [5.74, 6) is 0.133. The van der Waals surface area contributed by atoms with Crippen molar-refractivity contribution in [2.75, 3.05) is 29.9 Å². The molecule has 0 atom stereocenters. The van der Waals surface area contributed by atoms with Gasteiger partial charge >= 0.3 is 6.61 Å². The quantitative estimate of drug-likeness (QED) is 0.523. The van der Waals surface area contributed by atoms with Gasteiger partial charge in [-0.25, -0.2) is 0 Å². The Morgan fingerprint density at radius 2 is 2.00 bits per heavy atom. The average Bonchev–Trinajstić information content (AvgIpc) is 3.56. The molecule has 1 aliphatic carbocycles. The molecular weight excluding hydrogens is 444 g/mol. The molecule has 1 heterocycles. The van der Waals surface area contributed by atoms with Crippen molar-refractivity contribution in [1.29, 1.82) is 0 Å². The monoisotopic (exact) mass is 473 g/mol. The number of ether oxygens (including phenoxy) is 2. The minimum atomic E-state index is -2.93. The number of hydrogen-bond donors (Lipinski definition) is 1. The molecular formula is C25H29F2N3O4. The van der Waals surface area contributed by atoms with Crippen molar-refractivity contribution in [3.63, 3.8) is 0 Å². The molecule has 2 aliphatic rings. The molecule has 1 aliphatic heterocycles. The summed E-state index contributed by atoms with van der Waals surface area (Å²) in [6.45, 7) is 0.443. The highest BCUT2D eigenvalue weighted by Gasteiger charge is 2.31. The highest BCUT2D eigenvalue weighted by Crippen LogP contribution is 2.33. The molecule has 0 aromatic heterocycles. The molecule has 1 saturated heterocycles. The molecule has 1 N–H and O–H groups in total. The zero-order valence-electron chi connectivity index (χ0n) is 19.1. The van der Waals surface area contributed by atoms with Gasteiger partial charge in [-0.3, -0.25) is 14.5 Å². The van der Waals surface area contributed by atoms with Gasteiger partial charge in [0.15, 0.2) is 11.5 Å². The van der Waals surface area contributed by atoms with Gasteiger partial charge in [-0.2, -0.15) is 8.78 Å².